The number of benzene rings is 1. The maximum atomic E-state index is 7.04. The van der Waals surface area contributed by atoms with Crippen LogP contribution in [-0.4, -0.2) is 22.8 Å². The molecule has 1 atom stereocenters. The van der Waals surface area contributed by atoms with Crippen LogP contribution in [0.5, 0.6) is 5.75 Å². The Labute approximate surface area is 106 Å². The van der Waals surface area contributed by atoms with Crippen LogP contribution in [0.3, 0.4) is 0 Å². The molecular weight excluding hydrogens is 228 g/mol. The van der Waals surface area contributed by atoms with Gasteiger partial charge in [0.15, 0.2) is 0 Å². The smallest absolute Gasteiger partial charge is 0.134 e. The summed E-state index contributed by atoms with van der Waals surface area (Å²) in [5, 5.41) is 7.84. The molecule has 0 aliphatic rings. The van der Waals surface area contributed by atoms with Gasteiger partial charge in [0.05, 0.1) is 12.1 Å². The number of aromatic nitrogens is 2. The van der Waals surface area contributed by atoms with Crippen molar-refractivity contribution >= 4 is 22.9 Å². The molecule has 0 spiro atoms. The number of nitrogens with one attached hydrogen (secondary N) is 1. The Kier molecular flexibility index (Phi) is 3.72. The molecule has 0 radical (unpaired) electrons. The second-order valence-corrected chi connectivity index (χ2v) is 4.29. The SMILES string of the molecule is CC(CC=N)COc1ccc2ncnc(N)c2c1. The van der Waals surface area contributed by atoms with E-state index >= 15 is 0 Å². The van der Waals surface area contributed by atoms with E-state index in [1.807, 2.05) is 25.1 Å². The second-order valence-electron chi connectivity index (χ2n) is 4.29. The van der Waals surface area contributed by atoms with E-state index in [1.54, 1.807) is 0 Å². The molecule has 0 aliphatic heterocycles. The number of anilines is 1. The molecule has 1 aromatic carbocycles. The first-order chi connectivity index (χ1) is 8.70. The molecule has 2 rings (SSSR count). The summed E-state index contributed by atoms with van der Waals surface area (Å²) in [7, 11) is 0. The van der Waals surface area contributed by atoms with E-state index in [0.717, 1.165) is 23.1 Å². The van der Waals surface area contributed by atoms with Gasteiger partial charge in [0.1, 0.15) is 17.9 Å². The van der Waals surface area contributed by atoms with Gasteiger partial charge in [-0.25, -0.2) is 9.97 Å². The number of rotatable bonds is 5. The zero-order chi connectivity index (χ0) is 13.0. The van der Waals surface area contributed by atoms with Crippen LogP contribution in [0.4, 0.5) is 5.82 Å². The third-order valence-electron chi connectivity index (χ3n) is 2.69. The molecule has 1 heterocycles. The van der Waals surface area contributed by atoms with Gasteiger partial charge in [-0.3, -0.25) is 0 Å². The van der Waals surface area contributed by atoms with Gasteiger partial charge in [-0.15, -0.1) is 0 Å². The van der Waals surface area contributed by atoms with Crippen molar-refractivity contribution in [2.24, 2.45) is 5.92 Å². The molecule has 0 fully saturated rings. The summed E-state index contributed by atoms with van der Waals surface area (Å²) in [6.45, 7) is 2.62. The molecule has 94 valence electrons. The molecule has 2 aromatic rings. The van der Waals surface area contributed by atoms with Gasteiger partial charge >= 0.3 is 0 Å². The number of nitrogens with two attached hydrogens (primary N) is 1. The Hall–Kier alpha value is -2.17. The van der Waals surface area contributed by atoms with Crippen LogP contribution in [0.1, 0.15) is 13.3 Å². The van der Waals surface area contributed by atoms with Crippen molar-refractivity contribution in [3.05, 3.63) is 24.5 Å². The normalized spacial score (nSPS) is 12.3. The van der Waals surface area contributed by atoms with Crippen molar-refractivity contribution in [2.75, 3.05) is 12.3 Å². The lowest BCUT2D eigenvalue weighted by Gasteiger charge is -2.11. The van der Waals surface area contributed by atoms with E-state index in [9.17, 15) is 0 Å². The number of hydrogen-bond donors (Lipinski definition) is 2. The number of nitrogens with zero attached hydrogens (tertiary/aromatic N) is 2. The van der Waals surface area contributed by atoms with Gasteiger partial charge in [0, 0.05) is 5.39 Å². The van der Waals surface area contributed by atoms with Gasteiger partial charge in [0.25, 0.3) is 0 Å². The molecule has 18 heavy (non-hydrogen) atoms. The van der Waals surface area contributed by atoms with E-state index < -0.39 is 0 Å². The highest BCUT2D eigenvalue weighted by Gasteiger charge is 2.05. The molecule has 1 unspecified atom stereocenters. The Bertz CT molecular complexity index is 556. The predicted octanol–water partition coefficient (Wildman–Crippen LogP) is 2.27. The Morgan fingerprint density at radius 3 is 3.06 bits per heavy atom. The zero-order valence-electron chi connectivity index (χ0n) is 10.3. The van der Waals surface area contributed by atoms with Crippen LogP contribution in [0.25, 0.3) is 10.9 Å². The highest BCUT2D eigenvalue weighted by atomic mass is 16.5. The topological polar surface area (TPSA) is 84.9 Å². The highest BCUT2D eigenvalue weighted by molar-refractivity contribution is 5.88. The fourth-order valence-electron chi connectivity index (χ4n) is 1.65. The van der Waals surface area contributed by atoms with Gasteiger partial charge in [-0.05, 0) is 36.8 Å². The molecule has 0 saturated heterocycles. The number of nitrogen functional groups attached to an aromatic ring is 1. The minimum absolute atomic E-state index is 0.322. The van der Waals surface area contributed by atoms with E-state index in [-0.39, 0.29) is 0 Å². The fraction of sp³-hybridized carbons (Fsp3) is 0.308. The average Bonchev–Trinajstić information content (AvgIpc) is 2.37. The predicted molar refractivity (Wildman–Crippen MR) is 72.0 cm³/mol. The van der Waals surface area contributed by atoms with Crippen molar-refractivity contribution < 1.29 is 4.74 Å². The fourth-order valence-corrected chi connectivity index (χ4v) is 1.65. The summed E-state index contributed by atoms with van der Waals surface area (Å²) in [5.74, 6) is 1.53. The third kappa shape index (κ3) is 2.74. The van der Waals surface area contributed by atoms with Crippen LogP contribution in [0, 0.1) is 11.3 Å². The molecule has 5 nitrogen and oxygen atoms in total. The van der Waals surface area contributed by atoms with Gasteiger partial charge in [0.2, 0.25) is 0 Å². The van der Waals surface area contributed by atoms with Crippen LogP contribution in [-0.2, 0) is 0 Å². The van der Waals surface area contributed by atoms with Crippen LogP contribution in [0.15, 0.2) is 24.5 Å². The molecule has 5 heteroatoms. The van der Waals surface area contributed by atoms with Crippen molar-refractivity contribution in [2.45, 2.75) is 13.3 Å². The minimum Gasteiger partial charge on any atom is -0.493 e. The summed E-state index contributed by atoms with van der Waals surface area (Å²) in [6, 6.07) is 5.58. The van der Waals surface area contributed by atoms with Gasteiger partial charge in [-0.1, -0.05) is 6.92 Å². The number of hydrogen-bond acceptors (Lipinski definition) is 5. The van der Waals surface area contributed by atoms with Crippen molar-refractivity contribution in [1.82, 2.24) is 9.97 Å². The molecule has 0 saturated carbocycles. The molecule has 1 aromatic heterocycles. The van der Waals surface area contributed by atoms with Crippen molar-refractivity contribution in [3.8, 4) is 5.75 Å². The lowest BCUT2D eigenvalue weighted by atomic mass is 10.1. The lowest BCUT2D eigenvalue weighted by Crippen LogP contribution is -2.08. The monoisotopic (exact) mass is 244 g/mol. The van der Waals surface area contributed by atoms with Gasteiger partial charge < -0.3 is 15.9 Å². The summed E-state index contributed by atoms with van der Waals surface area (Å²) in [4.78, 5) is 8.09. The Morgan fingerprint density at radius 2 is 2.28 bits per heavy atom. The van der Waals surface area contributed by atoms with E-state index in [2.05, 4.69) is 9.97 Å². The van der Waals surface area contributed by atoms with Crippen LogP contribution in [0.2, 0.25) is 0 Å². The third-order valence-corrected chi connectivity index (χ3v) is 2.69. The Morgan fingerprint density at radius 1 is 1.44 bits per heavy atom. The van der Waals surface area contributed by atoms with Crippen molar-refractivity contribution in [3.63, 3.8) is 0 Å². The van der Waals surface area contributed by atoms with Crippen LogP contribution < -0.4 is 10.5 Å². The molecule has 0 amide bonds. The molecular formula is C13H16N4O. The van der Waals surface area contributed by atoms with Crippen molar-refractivity contribution in [1.29, 1.82) is 5.41 Å². The standard InChI is InChI=1S/C13H16N4O/c1-9(4-5-14)7-18-10-2-3-12-11(6-10)13(15)17-8-16-12/h2-3,5-6,8-9,14H,4,7H2,1H3,(H2,15,16,17). The first-order valence-electron chi connectivity index (χ1n) is 5.82. The molecule has 0 bridgehead atoms. The Balaban J connectivity index is 2.15. The average molecular weight is 244 g/mol. The van der Waals surface area contributed by atoms with E-state index in [0.29, 0.717) is 18.3 Å². The quantitative estimate of drug-likeness (QED) is 0.790. The highest BCUT2D eigenvalue weighted by Crippen LogP contribution is 2.22. The largest absolute Gasteiger partial charge is 0.493 e. The summed E-state index contributed by atoms with van der Waals surface area (Å²) >= 11 is 0. The summed E-state index contributed by atoms with van der Waals surface area (Å²) in [6.07, 6.45) is 3.57. The number of fused-ring (bicyclic) bond motifs is 1. The first-order valence-corrected chi connectivity index (χ1v) is 5.82. The van der Waals surface area contributed by atoms with E-state index in [1.165, 1.54) is 12.5 Å². The molecule has 0 aliphatic carbocycles. The molecule has 3 N–H and O–H groups in total. The summed E-state index contributed by atoms with van der Waals surface area (Å²) < 4.78 is 5.67. The van der Waals surface area contributed by atoms with Crippen LogP contribution >= 0.6 is 0 Å². The minimum atomic E-state index is 0.322. The lowest BCUT2D eigenvalue weighted by molar-refractivity contribution is 0.265. The summed E-state index contributed by atoms with van der Waals surface area (Å²) in [5.41, 5.74) is 6.60. The second kappa shape index (κ2) is 5.44. The number of ether oxygens (including phenoxy) is 1. The zero-order valence-corrected chi connectivity index (χ0v) is 10.3. The van der Waals surface area contributed by atoms with Gasteiger partial charge in [-0.2, -0.15) is 0 Å². The first kappa shape index (κ1) is 12.3. The maximum Gasteiger partial charge on any atom is 0.134 e. The maximum absolute atomic E-state index is 7.04. The van der Waals surface area contributed by atoms with E-state index in [4.69, 9.17) is 15.9 Å².